The second kappa shape index (κ2) is 7.07. The van der Waals surface area contributed by atoms with E-state index in [4.69, 9.17) is 0 Å². The Balaban J connectivity index is 1.87. The summed E-state index contributed by atoms with van der Waals surface area (Å²) in [4.78, 5) is 26.0. The monoisotopic (exact) mass is 294 g/mol. The van der Waals surface area contributed by atoms with Crippen molar-refractivity contribution in [3.8, 4) is 0 Å². The summed E-state index contributed by atoms with van der Waals surface area (Å²) in [5, 5.41) is 12.3. The van der Waals surface area contributed by atoms with Gasteiger partial charge in [-0.3, -0.25) is 9.59 Å². The molecule has 2 aliphatic rings. The first-order chi connectivity index (χ1) is 9.99. The number of allylic oxidation sites excluding steroid dienone is 2. The minimum Gasteiger partial charge on any atom is -0.481 e. The fourth-order valence-electron chi connectivity index (χ4n) is 3.25. The van der Waals surface area contributed by atoms with Gasteiger partial charge in [0.05, 0.1) is 11.8 Å². The molecule has 2 rings (SSSR count). The molecule has 0 saturated carbocycles. The summed E-state index contributed by atoms with van der Waals surface area (Å²) in [7, 11) is 0. The minimum atomic E-state index is -0.867. The van der Waals surface area contributed by atoms with Crippen molar-refractivity contribution in [2.24, 2.45) is 11.8 Å². The van der Waals surface area contributed by atoms with E-state index in [9.17, 15) is 14.7 Å². The Hall–Kier alpha value is -1.36. The molecule has 2 N–H and O–H groups in total. The number of likely N-dealkylation sites (tertiary alicyclic amines) is 1. The zero-order chi connectivity index (χ0) is 15.4. The summed E-state index contributed by atoms with van der Waals surface area (Å²) in [5.74, 6) is -1.95. The molecule has 21 heavy (non-hydrogen) atoms. The maximum atomic E-state index is 12.4. The topological polar surface area (TPSA) is 69.6 Å². The number of piperidine rings is 1. The van der Waals surface area contributed by atoms with Crippen molar-refractivity contribution in [1.29, 1.82) is 0 Å². The number of nitrogens with one attached hydrogen (secondary N) is 1. The van der Waals surface area contributed by atoms with E-state index in [1.807, 2.05) is 12.2 Å². The molecule has 1 saturated heterocycles. The van der Waals surface area contributed by atoms with Gasteiger partial charge in [0.1, 0.15) is 0 Å². The molecule has 1 fully saturated rings. The van der Waals surface area contributed by atoms with E-state index >= 15 is 0 Å². The van der Waals surface area contributed by atoms with Crippen LogP contribution in [0, 0.1) is 11.8 Å². The van der Waals surface area contributed by atoms with E-state index in [0.29, 0.717) is 18.9 Å². The van der Waals surface area contributed by atoms with Gasteiger partial charge in [0.2, 0.25) is 5.91 Å². The van der Waals surface area contributed by atoms with Crippen molar-refractivity contribution in [3.63, 3.8) is 0 Å². The second-order valence-corrected chi connectivity index (χ2v) is 6.41. The van der Waals surface area contributed by atoms with Crippen molar-refractivity contribution >= 4 is 11.9 Å². The lowest BCUT2D eigenvalue weighted by Crippen LogP contribution is -2.49. The largest absolute Gasteiger partial charge is 0.481 e. The van der Waals surface area contributed by atoms with E-state index in [2.05, 4.69) is 24.1 Å². The quantitative estimate of drug-likeness (QED) is 0.773. The van der Waals surface area contributed by atoms with Crippen molar-refractivity contribution in [2.75, 3.05) is 13.1 Å². The van der Waals surface area contributed by atoms with Crippen molar-refractivity contribution in [2.45, 2.75) is 51.6 Å². The lowest BCUT2D eigenvalue weighted by atomic mass is 9.82. The van der Waals surface area contributed by atoms with Gasteiger partial charge >= 0.3 is 5.97 Å². The number of carbonyl (C=O) groups excluding carboxylic acids is 1. The van der Waals surface area contributed by atoms with Gasteiger partial charge in [-0.15, -0.1) is 0 Å². The number of amides is 1. The van der Waals surface area contributed by atoms with E-state index in [0.717, 1.165) is 25.9 Å². The van der Waals surface area contributed by atoms with Crippen LogP contribution >= 0.6 is 0 Å². The highest BCUT2D eigenvalue weighted by Crippen LogP contribution is 2.26. The predicted molar refractivity (Wildman–Crippen MR) is 80.9 cm³/mol. The molecule has 118 valence electrons. The number of hydrogen-bond donors (Lipinski definition) is 2. The molecule has 0 bridgehead atoms. The maximum Gasteiger partial charge on any atom is 0.307 e. The molecule has 0 unspecified atom stereocenters. The molecular formula is C16H26N2O3. The number of hydrogen-bond acceptors (Lipinski definition) is 3. The summed E-state index contributed by atoms with van der Waals surface area (Å²) in [6, 6.07) is 0.731. The molecular weight excluding hydrogens is 268 g/mol. The first-order valence-electron chi connectivity index (χ1n) is 7.91. The number of aliphatic carboxylic acids is 1. The average molecular weight is 294 g/mol. The van der Waals surface area contributed by atoms with Gasteiger partial charge < -0.3 is 15.3 Å². The molecule has 2 atom stereocenters. The smallest absolute Gasteiger partial charge is 0.307 e. The van der Waals surface area contributed by atoms with Gasteiger partial charge in [-0.25, -0.2) is 0 Å². The second-order valence-electron chi connectivity index (χ2n) is 6.41. The van der Waals surface area contributed by atoms with E-state index in [1.54, 1.807) is 0 Å². The van der Waals surface area contributed by atoms with Crippen molar-refractivity contribution in [1.82, 2.24) is 10.2 Å². The number of carboxylic acid groups (broad SMARTS) is 1. The number of nitrogens with zero attached hydrogens (tertiary/aromatic N) is 1. The normalized spacial score (nSPS) is 27.8. The van der Waals surface area contributed by atoms with Crippen LogP contribution < -0.4 is 5.32 Å². The van der Waals surface area contributed by atoms with Crippen LogP contribution in [0.3, 0.4) is 0 Å². The van der Waals surface area contributed by atoms with Crippen molar-refractivity contribution in [3.05, 3.63) is 12.2 Å². The molecule has 1 aliphatic carbocycles. The molecule has 0 aromatic carbocycles. The zero-order valence-corrected chi connectivity index (χ0v) is 12.9. The van der Waals surface area contributed by atoms with Gasteiger partial charge in [0.15, 0.2) is 0 Å². The van der Waals surface area contributed by atoms with Gasteiger partial charge in [-0.2, -0.15) is 0 Å². The number of rotatable bonds is 4. The lowest BCUT2D eigenvalue weighted by Gasteiger charge is -2.35. The summed E-state index contributed by atoms with van der Waals surface area (Å²) < 4.78 is 0. The highest BCUT2D eigenvalue weighted by Gasteiger charge is 2.35. The Morgan fingerprint density at radius 2 is 1.71 bits per heavy atom. The third-order valence-electron chi connectivity index (χ3n) is 4.69. The maximum absolute atomic E-state index is 12.4. The predicted octanol–water partition coefficient (Wildman–Crippen LogP) is 1.64. The molecule has 1 aliphatic heterocycles. The molecule has 5 heteroatoms. The standard InChI is InChI=1S/C16H26N2O3/c1-11(2)18-9-7-12(8-10-18)17-15(19)13-5-3-4-6-14(13)16(20)21/h3-4,11-14H,5-10H2,1-2H3,(H,17,19)(H,20,21)/t13-,14-/m0/s1. The third-order valence-corrected chi connectivity index (χ3v) is 4.69. The average Bonchev–Trinajstić information content (AvgIpc) is 2.47. The SMILES string of the molecule is CC(C)N1CCC(NC(=O)[C@H]2CC=CC[C@@H]2C(=O)O)CC1. The summed E-state index contributed by atoms with van der Waals surface area (Å²) in [6.07, 6.45) is 6.68. The summed E-state index contributed by atoms with van der Waals surface area (Å²) >= 11 is 0. The zero-order valence-electron chi connectivity index (χ0n) is 12.9. The first-order valence-corrected chi connectivity index (χ1v) is 7.91. The van der Waals surface area contributed by atoms with E-state index in [1.165, 1.54) is 0 Å². The first kappa shape index (κ1) is 16.0. The molecule has 0 radical (unpaired) electrons. The molecule has 0 aromatic heterocycles. The Labute approximate surface area is 126 Å². The Morgan fingerprint density at radius 3 is 2.24 bits per heavy atom. The van der Waals surface area contributed by atoms with Crippen LogP contribution in [-0.4, -0.2) is 47.1 Å². The fourth-order valence-corrected chi connectivity index (χ4v) is 3.25. The third kappa shape index (κ3) is 4.06. The number of carbonyl (C=O) groups is 2. The molecule has 1 heterocycles. The van der Waals surface area contributed by atoms with Crippen molar-refractivity contribution < 1.29 is 14.7 Å². The van der Waals surface area contributed by atoms with Gasteiger partial charge in [-0.1, -0.05) is 12.2 Å². The molecule has 5 nitrogen and oxygen atoms in total. The summed E-state index contributed by atoms with van der Waals surface area (Å²) in [6.45, 7) is 6.36. The fraction of sp³-hybridized carbons (Fsp3) is 0.750. The van der Waals surface area contributed by atoms with E-state index in [-0.39, 0.29) is 11.9 Å². The molecule has 1 amide bonds. The van der Waals surface area contributed by atoms with Crippen LogP contribution in [-0.2, 0) is 9.59 Å². The van der Waals surface area contributed by atoms with Crippen LogP contribution in [0.15, 0.2) is 12.2 Å². The van der Waals surface area contributed by atoms with Gasteiger partial charge in [0, 0.05) is 25.2 Å². The lowest BCUT2D eigenvalue weighted by molar-refractivity contribution is -0.147. The van der Waals surface area contributed by atoms with Gasteiger partial charge in [-0.05, 0) is 39.5 Å². The Kier molecular flexibility index (Phi) is 5.39. The van der Waals surface area contributed by atoms with Gasteiger partial charge in [0.25, 0.3) is 0 Å². The molecule has 0 spiro atoms. The Morgan fingerprint density at radius 1 is 1.14 bits per heavy atom. The van der Waals surface area contributed by atoms with Crippen LogP contribution in [0.5, 0.6) is 0 Å². The Bertz CT molecular complexity index is 412. The number of carboxylic acids is 1. The highest BCUT2D eigenvalue weighted by atomic mass is 16.4. The van der Waals surface area contributed by atoms with Crippen LogP contribution in [0.4, 0.5) is 0 Å². The highest BCUT2D eigenvalue weighted by molar-refractivity contribution is 5.85. The minimum absolute atomic E-state index is 0.0882. The van der Waals surface area contributed by atoms with E-state index < -0.39 is 17.8 Å². The van der Waals surface area contributed by atoms with Crippen LogP contribution in [0.2, 0.25) is 0 Å². The van der Waals surface area contributed by atoms with Crippen LogP contribution in [0.25, 0.3) is 0 Å². The van der Waals surface area contributed by atoms with Crippen LogP contribution in [0.1, 0.15) is 39.5 Å². The summed E-state index contributed by atoms with van der Waals surface area (Å²) in [5.41, 5.74) is 0. The molecule has 0 aromatic rings.